The van der Waals surface area contributed by atoms with Crippen LogP contribution in [0.3, 0.4) is 0 Å². The molecule has 0 bridgehead atoms. The highest BCUT2D eigenvalue weighted by Gasteiger charge is 2.24. The van der Waals surface area contributed by atoms with E-state index in [4.69, 9.17) is 9.57 Å². The number of pyridine rings is 1. The number of ether oxygens (including phenoxy) is 1. The number of ketones is 1. The molecule has 0 saturated carbocycles. The summed E-state index contributed by atoms with van der Waals surface area (Å²) in [5.41, 5.74) is 4.46. The molecule has 0 saturated heterocycles. The minimum atomic E-state index is -0.294. The molecular formula is C24H22N2O4. The number of oxime groups is 1. The first-order valence-corrected chi connectivity index (χ1v) is 9.66. The lowest BCUT2D eigenvalue weighted by Gasteiger charge is -2.18. The Hall–Kier alpha value is -3.67. The topological polar surface area (TPSA) is 80.8 Å². The van der Waals surface area contributed by atoms with E-state index in [1.54, 1.807) is 25.3 Å². The van der Waals surface area contributed by atoms with Gasteiger partial charge in [0.1, 0.15) is 5.75 Å². The summed E-state index contributed by atoms with van der Waals surface area (Å²) in [6.45, 7) is 5.36. The Morgan fingerprint density at radius 3 is 2.60 bits per heavy atom. The standard InChI is InChI=1S/C24H22N2O4/c1-13-5-8-19-17(11-13)22(18-12-16(15(3)27)7-10-20(18)29-4)23(24(28)25-19)21-9-6-14(2)26-30-21/h5,7-12H,6H2,1-4H3,(H,25,28). The first-order chi connectivity index (χ1) is 14.4. The summed E-state index contributed by atoms with van der Waals surface area (Å²) in [4.78, 5) is 33.8. The lowest BCUT2D eigenvalue weighted by molar-refractivity contribution is 0.101. The van der Waals surface area contributed by atoms with Crippen LogP contribution in [0.15, 0.2) is 52.4 Å². The van der Waals surface area contributed by atoms with Crippen molar-refractivity contribution in [3.8, 4) is 16.9 Å². The molecule has 6 heteroatoms. The zero-order valence-corrected chi connectivity index (χ0v) is 17.3. The molecule has 30 heavy (non-hydrogen) atoms. The first kappa shape index (κ1) is 19.6. The molecule has 1 aliphatic rings. The molecular weight excluding hydrogens is 380 g/mol. The summed E-state index contributed by atoms with van der Waals surface area (Å²) in [6.07, 6.45) is 2.43. The molecule has 0 atom stereocenters. The van der Waals surface area contributed by atoms with Crippen LogP contribution >= 0.6 is 0 Å². The summed E-state index contributed by atoms with van der Waals surface area (Å²) in [7, 11) is 1.57. The Labute approximate surface area is 173 Å². The first-order valence-electron chi connectivity index (χ1n) is 9.66. The molecule has 2 heterocycles. The summed E-state index contributed by atoms with van der Waals surface area (Å²) in [5, 5.41) is 4.89. The lowest BCUT2D eigenvalue weighted by atomic mass is 9.91. The molecule has 0 unspecified atom stereocenters. The van der Waals surface area contributed by atoms with Crippen molar-refractivity contribution in [1.82, 2.24) is 4.98 Å². The van der Waals surface area contributed by atoms with Crippen LogP contribution in [0.25, 0.3) is 27.8 Å². The highest BCUT2D eigenvalue weighted by molar-refractivity contribution is 6.03. The number of H-pyrrole nitrogens is 1. The predicted octanol–water partition coefficient (Wildman–Crippen LogP) is 4.85. The van der Waals surface area contributed by atoms with Crippen LogP contribution in [-0.2, 0) is 4.84 Å². The fourth-order valence-corrected chi connectivity index (χ4v) is 3.63. The van der Waals surface area contributed by atoms with E-state index in [2.05, 4.69) is 10.1 Å². The Bertz CT molecular complexity index is 1300. The SMILES string of the molecule is COc1ccc(C(C)=O)cc1-c1c(C2=CCC(C)=NO2)c(=O)[nH]c2ccc(C)cc12. The van der Waals surface area contributed by atoms with Crippen LogP contribution in [0.2, 0.25) is 0 Å². The van der Waals surface area contributed by atoms with Gasteiger partial charge < -0.3 is 14.6 Å². The number of benzene rings is 2. The summed E-state index contributed by atoms with van der Waals surface area (Å²) in [6, 6.07) is 11.0. The Balaban J connectivity index is 2.14. The number of hydrogen-bond acceptors (Lipinski definition) is 5. The summed E-state index contributed by atoms with van der Waals surface area (Å²) >= 11 is 0. The van der Waals surface area contributed by atoms with Crippen LogP contribution in [0.5, 0.6) is 5.75 Å². The van der Waals surface area contributed by atoms with Gasteiger partial charge in [-0.25, -0.2) is 0 Å². The van der Waals surface area contributed by atoms with Crippen molar-refractivity contribution in [2.24, 2.45) is 5.16 Å². The molecule has 2 aromatic carbocycles. The van der Waals surface area contributed by atoms with Crippen molar-refractivity contribution in [3.05, 3.63) is 69.5 Å². The number of methoxy groups -OCH3 is 1. The van der Waals surface area contributed by atoms with Crippen molar-refractivity contribution in [2.75, 3.05) is 7.11 Å². The summed E-state index contributed by atoms with van der Waals surface area (Å²) < 4.78 is 5.60. The second-order valence-corrected chi connectivity index (χ2v) is 7.41. The summed E-state index contributed by atoms with van der Waals surface area (Å²) in [5.74, 6) is 0.875. The third-order valence-corrected chi connectivity index (χ3v) is 5.17. The fraction of sp³-hybridized carbons (Fsp3) is 0.208. The van der Waals surface area contributed by atoms with Gasteiger partial charge in [0.25, 0.3) is 5.56 Å². The molecule has 0 aliphatic carbocycles. The van der Waals surface area contributed by atoms with Crippen molar-refractivity contribution >= 4 is 28.2 Å². The quantitative estimate of drug-likeness (QED) is 0.633. The van der Waals surface area contributed by atoms with E-state index < -0.39 is 0 Å². The largest absolute Gasteiger partial charge is 0.496 e. The average molecular weight is 402 g/mol. The second-order valence-electron chi connectivity index (χ2n) is 7.41. The predicted molar refractivity (Wildman–Crippen MR) is 118 cm³/mol. The molecule has 152 valence electrons. The van der Waals surface area contributed by atoms with E-state index in [-0.39, 0.29) is 11.3 Å². The van der Waals surface area contributed by atoms with Gasteiger partial charge in [0.15, 0.2) is 11.5 Å². The zero-order chi connectivity index (χ0) is 21.4. The van der Waals surface area contributed by atoms with Gasteiger partial charge in [-0.2, -0.15) is 0 Å². The van der Waals surface area contributed by atoms with E-state index in [1.165, 1.54) is 6.92 Å². The highest BCUT2D eigenvalue weighted by atomic mass is 16.6. The number of carbonyl (C=O) groups excluding carboxylic acids is 1. The van der Waals surface area contributed by atoms with Gasteiger partial charge in [0, 0.05) is 34.0 Å². The van der Waals surface area contributed by atoms with Gasteiger partial charge in [-0.05, 0) is 57.2 Å². The van der Waals surface area contributed by atoms with Gasteiger partial charge in [-0.1, -0.05) is 16.8 Å². The number of hydrogen-bond donors (Lipinski definition) is 1. The molecule has 0 spiro atoms. The smallest absolute Gasteiger partial charge is 0.260 e. The van der Waals surface area contributed by atoms with Crippen molar-refractivity contribution in [2.45, 2.75) is 27.2 Å². The van der Waals surface area contributed by atoms with E-state index in [0.717, 1.165) is 16.7 Å². The number of carbonyl (C=O) groups is 1. The van der Waals surface area contributed by atoms with E-state index in [0.29, 0.717) is 45.7 Å². The van der Waals surface area contributed by atoms with Gasteiger partial charge in [-0.15, -0.1) is 0 Å². The lowest BCUT2D eigenvalue weighted by Crippen LogP contribution is -2.16. The van der Waals surface area contributed by atoms with Crippen molar-refractivity contribution in [3.63, 3.8) is 0 Å². The van der Waals surface area contributed by atoms with E-state index in [9.17, 15) is 9.59 Å². The molecule has 0 radical (unpaired) electrons. The molecule has 1 N–H and O–H groups in total. The Morgan fingerprint density at radius 2 is 1.93 bits per heavy atom. The van der Waals surface area contributed by atoms with E-state index >= 15 is 0 Å². The maximum Gasteiger partial charge on any atom is 0.260 e. The number of fused-ring (bicyclic) bond motifs is 1. The number of nitrogens with zero attached hydrogens (tertiary/aromatic N) is 1. The van der Waals surface area contributed by atoms with Crippen molar-refractivity contribution < 1.29 is 14.4 Å². The van der Waals surface area contributed by atoms with Crippen LogP contribution in [0.4, 0.5) is 0 Å². The van der Waals surface area contributed by atoms with Gasteiger partial charge in [0.2, 0.25) is 0 Å². The third-order valence-electron chi connectivity index (χ3n) is 5.17. The Kier molecular flexibility index (Phi) is 4.99. The highest BCUT2D eigenvalue weighted by Crippen LogP contribution is 2.40. The molecule has 4 rings (SSSR count). The minimum absolute atomic E-state index is 0.0702. The second kappa shape index (κ2) is 7.63. The van der Waals surface area contributed by atoms with E-state index in [1.807, 2.05) is 38.1 Å². The maximum atomic E-state index is 13.2. The fourth-order valence-electron chi connectivity index (χ4n) is 3.63. The molecule has 6 nitrogen and oxygen atoms in total. The maximum absolute atomic E-state index is 13.2. The number of aryl methyl sites for hydroxylation is 1. The molecule has 3 aromatic rings. The number of allylic oxidation sites excluding steroid dienone is 1. The van der Waals surface area contributed by atoms with Gasteiger partial charge in [0.05, 0.1) is 18.4 Å². The van der Waals surface area contributed by atoms with Crippen molar-refractivity contribution in [1.29, 1.82) is 0 Å². The zero-order valence-electron chi connectivity index (χ0n) is 17.3. The normalized spacial score (nSPS) is 13.5. The van der Waals surface area contributed by atoms with Gasteiger partial charge >= 0.3 is 0 Å². The average Bonchev–Trinajstić information content (AvgIpc) is 2.73. The number of rotatable bonds is 4. The molecule has 1 aromatic heterocycles. The molecule has 1 aliphatic heterocycles. The number of Topliss-reactive ketones (excluding diaryl/α,β-unsaturated/α-hetero) is 1. The van der Waals surface area contributed by atoms with Gasteiger partial charge in [-0.3, -0.25) is 9.59 Å². The molecule has 0 amide bonds. The van der Waals surface area contributed by atoms with Crippen LogP contribution in [0.1, 0.15) is 41.8 Å². The minimum Gasteiger partial charge on any atom is -0.496 e. The number of aromatic nitrogens is 1. The third kappa shape index (κ3) is 3.41. The number of aromatic amines is 1. The molecule has 0 fully saturated rings. The number of nitrogens with one attached hydrogen (secondary N) is 1. The van der Waals surface area contributed by atoms with Crippen LogP contribution < -0.4 is 10.3 Å². The monoisotopic (exact) mass is 402 g/mol. The van der Waals surface area contributed by atoms with Crippen LogP contribution in [-0.4, -0.2) is 23.6 Å². The van der Waals surface area contributed by atoms with Crippen LogP contribution in [0, 0.1) is 6.92 Å². The Morgan fingerprint density at radius 1 is 1.13 bits per heavy atom.